The lowest BCUT2D eigenvalue weighted by atomic mass is 9.76. The highest BCUT2D eigenvalue weighted by molar-refractivity contribution is 5.83. The van der Waals surface area contributed by atoms with E-state index in [1.54, 1.807) is 0 Å². The molecule has 1 nitrogen and oxygen atoms in total. The molecule has 0 unspecified atom stereocenters. The molecule has 0 aliphatic heterocycles. The third kappa shape index (κ3) is 3.43. The maximum absolute atomic E-state index is 12.2. The quantitative estimate of drug-likeness (QED) is 0.632. The summed E-state index contributed by atoms with van der Waals surface area (Å²) in [6, 6.07) is 0. The zero-order valence-corrected chi connectivity index (χ0v) is 10.6. The molecule has 1 heteroatoms. The maximum atomic E-state index is 12.2. The van der Waals surface area contributed by atoms with Crippen molar-refractivity contribution in [1.82, 2.24) is 0 Å². The van der Waals surface area contributed by atoms with Crippen LogP contribution in [0.3, 0.4) is 0 Å². The molecule has 0 aromatic rings. The third-order valence-electron chi connectivity index (χ3n) is 3.15. The Balaban J connectivity index is 4.58. The summed E-state index contributed by atoms with van der Waals surface area (Å²) in [6.45, 7) is 12.9. The zero-order valence-electron chi connectivity index (χ0n) is 10.6. The van der Waals surface area contributed by atoms with E-state index in [9.17, 15) is 4.79 Å². The molecular weight excluding hydrogens is 172 g/mol. The summed E-state index contributed by atoms with van der Waals surface area (Å²) < 4.78 is 0. The molecule has 0 fully saturated rings. The summed E-state index contributed by atoms with van der Waals surface area (Å²) in [5, 5.41) is 0. The molecule has 0 N–H and O–H groups in total. The second-order valence-electron chi connectivity index (χ2n) is 4.93. The average Bonchev–Trinajstić information content (AvgIpc) is 2.04. The highest BCUT2D eigenvalue weighted by Crippen LogP contribution is 2.27. The molecule has 0 bridgehead atoms. The molecule has 0 saturated carbocycles. The normalized spacial score (nSPS) is 12.1. The third-order valence-corrected chi connectivity index (χ3v) is 3.15. The molecule has 0 aliphatic rings. The topological polar surface area (TPSA) is 17.1 Å². The van der Waals surface area contributed by atoms with Gasteiger partial charge in [-0.3, -0.25) is 4.79 Å². The lowest BCUT2D eigenvalue weighted by Crippen LogP contribution is -2.30. The fraction of sp³-hybridized carbons (Fsp3) is 0.923. The van der Waals surface area contributed by atoms with Crippen LogP contribution in [-0.4, -0.2) is 5.78 Å². The van der Waals surface area contributed by atoms with Crippen molar-refractivity contribution in [1.29, 1.82) is 0 Å². The van der Waals surface area contributed by atoms with Crippen LogP contribution in [0.25, 0.3) is 0 Å². The van der Waals surface area contributed by atoms with Crippen LogP contribution >= 0.6 is 0 Å². The molecule has 0 rings (SSSR count). The number of hydrogen-bond acceptors (Lipinski definition) is 1. The van der Waals surface area contributed by atoms with Crippen LogP contribution in [0.5, 0.6) is 0 Å². The average molecular weight is 198 g/mol. The van der Waals surface area contributed by atoms with Crippen molar-refractivity contribution < 1.29 is 4.79 Å². The fourth-order valence-corrected chi connectivity index (χ4v) is 2.39. The summed E-state index contributed by atoms with van der Waals surface area (Å²) >= 11 is 0. The first-order valence-electron chi connectivity index (χ1n) is 5.99. The Morgan fingerprint density at radius 1 is 0.929 bits per heavy atom. The summed E-state index contributed by atoms with van der Waals surface area (Å²) in [7, 11) is 0. The Kier molecular flexibility index (Phi) is 6.06. The van der Waals surface area contributed by atoms with E-state index in [1.165, 1.54) is 0 Å². The lowest BCUT2D eigenvalue weighted by Gasteiger charge is -2.27. The minimum atomic E-state index is 0.250. The van der Waals surface area contributed by atoms with Gasteiger partial charge >= 0.3 is 0 Å². The lowest BCUT2D eigenvalue weighted by molar-refractivity contribution is -0.129. The smallest absolute Gasteiger partial charge is 0.139 e. The van der Waals surface area contributed by atoms with Crippen LogP contribution < -0.4 is 0 Å². The Hall–Kier alpha value is -0.330. The van der Waals surface area contributed by atoms with Gasteiger partial charge in [0, 0.05) is 11.8 Å². The second kappa shape index (κ2) is 6.21. The molecule has 0 aromatic heterocycles. The van der Waals surface area contributed by atoms with Gasteiger partial charge in [-0.25, -0.2) is 0 Å². The van der Waals surface area contributed by atoms with E-state index in [1.807, 2.05) is 0 Å². The van der Waals surface area contributed by atoms with E-state index in [4.69, 9.17) is 0 Å². The molecule has 0 spiro atoms. The molecule has 84 valence electrons. The standard InChI is InChI=1S/C13H26O/c1-7-11(8-2)13(14)12(9(3)4)10(5)6/h9-12H,7-8H2,1-6H3. The molecule has 0 amide bonds. The van der Waals surface area contributed by atoms with Gasteiger partial charge in [0.1, 0.15) is 5.78 Å². The van der Waals surface area contributed by atoms with Gasteiger partial charge in [0.15, 0.2) is 0 Å². The van der Waals surface area contributed by atoms with Crippen molar-refractivity contribution in [2.75, 3.05) is 0 Å². The summed E-state index contributed by atoms with van der Waals surface area (Å²) in [6.07, 6.45) is 1.98. The van der Waals surface area contributed by atoms with Crippen molar-refractivity contribution in [2.45, 2.75) is 54.4 Å². The van der Waals surface area contributed by atoms with E-state index in [0.29, 0.717) is 17.6 Å². The van der Waals surface area contributed by atoms with Crippen LogP contribution in [0.1, 0.15) is 54.4 Å². The number of hydrogen-bond donors (Lipinski definition) is 0. The highest BCUT2D eigenvalue weighted by atomic mass is 16.1. The van der Waals surface area contributed by atoms with Crippen molar-refractivity contribution >= 4 is 5.78 Å². The summed E-state index contributed by atoms with van der Waals surface area (Å²) in [4.78, 5) is 12.2. The Labute approximate surface area is 89.3 Å². The van der Waals surface area contributed by atoms with Crippen molar-refractivity contribution in [3.63, 3.8) is 0 Å². The summed E-state index contributed by atoms with van der Waals surface area (Å²) in [5.74, 6) is 1.97. The minimum Gasteiger partial charge on any atom is -0.299 e. The molecular formula is C13H26O. The van der Waals surface area contributed by atoms with E-state index in [-0.39, 0.29) is 11.8 Å². The van der Waals surface area contributed by atoms with Gasteiger partial charge in [0.2, 0.25) is 0 Å². The zero-order chi connectivity index (χ0) is 11.3. The van der Waals surface area contributed by atoms with Gasteiger partial charge < -0.3 is 0 Å². The number of rotatable bonds is 6. The van der Waals surface area contributed by atoms with Crippen molar-refractivity contribution in [3.05, 3.63) is 0 Å². The van der Waals surface area contributed by atoms with Crippen LogP contribution in [0.15, 0.2) is 0 Å². The van der Waals surface area contributed by atoms with Gasteiger partial charge in [-0.15, -0.1) is 0 Å². The number of carbonyl (C=O) groups excluding carboxylic acids is 1. The highest BCUT2D eigenvalue weighted by Gasteiger charge is 2.29. The van der Waals surface area contributed by atoms with Gasteiger partial charge in [0.05, 0.1) is 0 Å². The second-order valence-corrected chi connectivity index (χ2v) is 4.93. The molecule has 0 heterocycles. The van der Waals surface area contributed by atoms with Crippen LogP contribution in [0.4, 0.5) is 0 Å². The molecule has 0 saturated heterocycles. The van der Waals surface area contributed by atoms with Crippen molar-refractivity contribution in [2.24, 2.45) is 23.7 Å². The van der Waals surface area contributed by atoms with Crippen LogP contribution in [0.2, 0.25) is 0 Å². The minimum absolute atomic E-state index is 0.250. The first-order valence-corrected chi connectivity index (χ1v) is 5.99. The SMILES string of the molecule is CCC(CC)C(=O)C(C(C)C)C(C)C. The van der Waals surface area contributed by atoms with Crippen LogP contribution in [-0.2, 0) is 4.79 Å². The monoisotopic (exact) mass is 198 g/mol. The number of carbonyl (C=O) groups is 1. The van der Waals surface area contributed by atoms with E-state index >= 15 is 0 Å². The molecule has 14 heavy (non-hydrogen) atoms. The molecule has 0 aliphatic carbocycles. The fourth-order valence-electron chi connectivity index (χ4n) is 2.39. The Bertz CT molecular complexity index is 158. The first-order chi connectivity index (χ1) is 6.45. The van der Waals surface area contributed by atoms with Crippen molar-refractivity contribution in [3.8, 4) is 0 Å². The van der Waals surface area contributed by atoms with Crippen LogP contribution in [0, 0.1) is 23.7 Å². The van der Waals surface area contributed by atoms with Gasteiger partial charge in [0.25, 0.3) is 0 Å². The summed E-state index contributed by atoms with van der Waals surface area (Å²) in [5.41, 5.74) is 0. The van der Waals surface area contributed by atoms with Gasteiger partial charge in [-0.1, -0.05) is 41.5 Å². The Morgan fingerprint density at radius 3 is 1.50 bits per heavy atom. The maximum Gasteiger partial charge on any atom is 0.139 e. The molecule has 0 radical (unpaired) electrons. The van der Waals surface area contributed by atoms with Gasteiger partial charge in [-0.05, 0) is 24.7 Å². The largest absolute Gasteiger partial charge is 0.299 e. The van der Waals surface area contributed by atoms with E-state index < -0.39 is 0 Å². The predicted octanol–water partition coefficient (Wildman–Crippen LogP) is 3.92. The van der Waals surface area contributed by atoms with E-state index in [2.05, 4.69) is 41.5 Å². The Morgan fingerprint density at radius 2 is 1.29 bits per heavy atom. The van der Waals surface area contributed by atoms with Gasteiger partial charge in [-0.2, -0.15) is 0 Å². The predicted molar refractivity (Wildman–Crippen MR) is 62.2 cm³/mol. The van der Waals surface area contributed by atoms with E-state index in [0.717, 1.165) is 12.8 Å². The number of ketones is 1. The molecule has 0 atom stereocenters. The number of Topliss-reactive ketones (excluding diaryl/α,β-unsaturated/α-hetero) is 1. The first kappa shape index (κ1) is 13.7. The molecule has 0 aromatic carbocycles.